The molecule has 2 atom stereocenters. The van der Waals surface area contributed by atoms with Gasteiger partial charge >= 0.3 is 0 Å². The monoisotopic (exact) mass is 247 g/mol. The highest BCUT2D eigenvalue weighted by atomic mass is 16.5. The Morgan fingerprint density at radius 3 is 2.61 bits per heavy atom. The van der Waals surface area contributed by atoms with Crippen molar-refractivity contribution < 1.29 is 4.74 Å². The van der Waals surface area contributed by atoms with Crippen LogP contribution in [0, 0.1) is 12.3 Å². The maximum atomic E-state index is 6.27. The minimum Gasteiger partial charge on any atom is -0.368 e. The van der Waals surface area contributed by atoms with Gasteiger partial charge in [0.25, 0.3) is 0 Å². The molecule has 1 saturated heterocycles. The van der Waals surface area contributed by atoms with E-state index in [1.807, 2.05) is 0 Å². The van der Waals surface area contributed by atoms with E-state index in [4.69, 9.17) is 4.74 Å². The second kappa shape index (κ2) is 5.41. The predicted octanol–water partition coefficient (Wildman–Crippen LogP) is 3.46. The Morgan fingerprint density at radius 1 is 1.22 bits per heavy atom. The van der Waals surface area contributed by atoms with E-state index in [-0.39, 0.29) is 6.10 Å². The van der Waals surface area contributed by atoms with Gasteiger partial charge in [0.1, 0.15) is 0 Å². The molecule has 1 N–H and O–H groups in total. The molecule has 2 heteroatoms. The number of hydrogen-bond donors (Lipinski definition) is 1. The van der Waals surface area contributed by atoms with E-state index in [1.54, 1.807) is 0 Å². The van der Waals surface area contributed by atoms with E-state index >= 15 is 0 Å². The summed E-state index contributed by atoms with van der Waals surface area (Å²) in [4.78, 5) is 0. The van der Waals surface area contributed by atoms with Crippen LogP contribution in [0.15, 0.2) is 24.3 Å². The molecule has 1 aliphatic rings. The Balaban J connectivity index is 2.05. The van der Waals surface area contributed by atoms with E-state index in [0.29, 0.717) is 11.5 Å². The largest absolute Gasteiger partial charge is 0.368 e. The highest BCUT2D eigenvalue weighted by Crippen LogP contribution is 2.29. The molecule has 18 heavy (non-hydrogen) atoms. The van der Waals surface area contributed by atoms with Crippen LogP contribution in [0.4, 0.5) is 0 Å². The summed E-state index contributed by atoms with van der Waals surface area (Å²) in [5.41, 5.74) is 2.96. The topological polar surface area (TPSA) is 21.3 Å². The first-order valence-corrected chi connectivity index (χ1v) is 6.87. The fourth-order valence-corrected chi connectivity index (χ4v) is 2.64. The fraction of sp³-hybridized carbons (Fsp3) is 0.625. The highest BCUT2D eigenvalue weighted by Gasteiger charge is 2.27. The third kappa shape index (κ3) is 3.56. The average molecular weight is 247 g/mol. The Morgan fingerprint density at radius 2 is 1.94 bits per heavy atom. The summed E-state index contributed by atoms with van der Waals surface area (Å²) in [7, 11) is 0. The molecular weight excluding hydrogens is 222 g/mol. The Bertz CT molecular complexity index is 394. The zero-order chi connectivity index (χ0) is 13.2. The fourth-order valence-electron chi connectivity index (χ4n) is 2.64. The van der Waals surface area contributed by atoms with E-state index in [1.165, 1.54) is 11.1 Å². The zero-order valence-electron chi connectivity index (χ0n) is 12.0. The normalized spacial score (nSPS) is 25.1. The molecule has 1 aliphatic heterocycles. The Kier molecular flexibility index (Phi) is 4.08. The van der Waals surface area contributed by atoms with Gasteiger partial charge in [0.15, 0.2) is 0 Å². The third-order valence-electron chi connectivity index (χ3n) is 3.43. The quantitative estimate of drug-likeness (QED) is 0.864. The smallest absolute Gasteiger partial charge is 0.0956 e. The number of ether oxygens (including phenoxy) is 1. The zero-order valence-corrected chi connectivity index (χ0v) is 12.0. The van der Waals surface area contributed by atoms with Gasteiger partial charge in [0, 0.05) is 13.1 Å². The predicted molar refractivity (Wildman–Crippen MR) is 75.7 cm³/mol. The van der Waals surface area contributed by atoms with Crippen molar-refractivity contribution in [3.8, 4) is 0 Å². The Labute approximate surface area is 111 Å². The Hall–Kier alpha value is -0.860. The molecule has 1 heterocycles. The van der Waals surface area contributed by atoms with Crippen molar-refractivity contribution >= 4 is 0 Å². The van der Waals surface area contributed by atoms with Crippen molar-refractivity contribution in [3.05, 3.63) is 35.4 Å². The maximum absolute atomic E-state index is 6.27. The molecule has 1 aromatic rings. The number of rotatable bonds is 2. The molecule has 1 fully saturated rings. The lowest BCUT2D eigenvalue weighted by Gasteiger charge is -2.35. The van der Waals surface area contributed by atoms with Gasteiger partial charge < -0.3 is 10.1 Å². The van der Waals surface area contributed by atoms with Crippen LogP contribution in [0.1, 0.15) is 44.4 Å². The lowest BCUT2D eigenvalue weighted by Crippen LogP contribution is -2.42. The summed E-state index contributed by atoms with van der Waals surface area (Å²) < 4.78 is 6.27. The molecular formula is C16H25NO. The van der Waals surface area contributed by atoms with Crippen LogP contribution in [0.5, 0.6) is 0 Å². The minimum atomic E-state index is 0.201. The first-order chi connectivity index (χ1) is 8.46. The highest BCUT2D eigenvalue weighted by molar-refractivity contribution is 5.28. The van der Waals surface area contributed by atoms with Crippen molar-refractivity contribution in [3.63, 3.8) is 0 Å². The van der Waals surface area contributed by atoms with Crippen LogP contribution in [0.25, 0.3) is 0 Å². The van der Waals surface area contributed by atoms with E-state index < -0.39 is 0 Å². The molecule has 0 radical (unpaired) electrons. The molecule has 1 aromatic carbocycles. The van der Waals surface area contributed by atoms with Crippen LogP contribution in [0.2, 0.25) is 0 Å². The number of benzene rings is 1. The number of aryl methyl sites for hydroxylation is 1. The van der Waals surface area contributed by atoms with E-state index in [2.05, 4.69) is 57.3 Å². The van der Waals surface area contributed by atoms with Crippen LogP contribution in [-0.4, -0.2) is 19.2 Å². The van der Waals surface area contributed by atoms with Crippen molar-refractivity contribution in [1.29, 1.82) is 0 Å². The van der Waals surface area contributed by atoms with Gasteiger partial charge in [-0.3, -0.25) is 0 Å². The van der Waals surface area contributed by atoms with Crippen molar-refractivity contribution in [2.45, 2.75) is 46.3 Å². The van der Waals surface area contributed by atoms with E-state index in [9.17, 15) is 0 Å². The van der Waals surface area contributed by atoms with Crippen molar-refractivity contribution in [1.82, 2.24) is 5.32 Å². The van der Waals surface area contributed by atoms with Gasteiger partial charge in [-0.2, -0.15) is 0 Å². The van der Waals surface area contributed by atoms with Crippen LogP contribution >= 0.6 is 0 Å². The molecule has 0 amide bonds. The van der Waals surface area contributed by atoms with Crippen LogP contribution < -0.4 is 5.32 Å². The van der Waals surface area contributed by atoms with Crippen molar-refractivity contribution in [2.24, 2.45) is 5.41 Å². The molecule has 0 aliphatic carbocycles. The third-order valence-corrected chi connectivity index (χ3v) is 3.43. The maximum Gasteiger partial charge on any atom is 0.0956 e. The molecule has 0 aromatic heterocycles. The standard InChI is InChI=1S/C16H25NO/c1-12-7-5-6-8-14(12)15-11-17-10-13(18-15)9-16(2,3)4/h5-8,13,15,17H,9-11H2,1-4H3. The van der Waals surface area contributed by atoms with Gasteiger partial charge in [-0.05, 0) is 29.9 Å². The number of hydrogen-bond acceptors (Lipinski definition) is 2. The summed E-state index contributed by atoms with van der Waals surface area (Å²) in [5.74, 6) is 0. The molecule has 2 rings (SSSR count). The SMILES string of the molecule is Cc1ccccc1C1CNCC(CC(C)(C)C)O1. The van der Waals surface area contributed by atoms with E-state index in [0.717, 1.165) is 19.5 Å². The minimum absolute atomic E-state index is 0.201. The van der Waals surface area contributed by atoms with Crippen molar-refractivity contribution in [2.75, 3.05) is 13.1 Å². The summed E-state index contributed by atoms with van der Waals surface area (Å²) >= 11 is 0. The van der Waals surface area contributed by atoms with Gasteiger partial charge in [-0.1, -0.05) is 45.0 Å². The van der Waals surface area contributed by atoms with Gasteiger partial charge in [-0.25, -0.2) is 0 Å². The molecule has 2 nitrogen and oxygen atoms in total. The van der Waals surface area contributed by atoms with Gasteiger partial charge in [0.2, 0.25) is 0 Å². The number of nitrogens with one attached hydrogen (secondary N) is 1. The molecule has 0 bridgehead atoms. The van der Waals surface area contributed by atoms with Crippen LogP contribution in [-0.2, 0) is 4.74 Å². The molecule has 2 unspecified atom stereocenters. The second-order valence-electron chi connectivity index (χ2n) is 6.53. The first kappa shape index (κ1) is 13.6. The molecule has 100 valence electrons. The summed E-state index contributed by atoms with van der Waals surface area (Å²) in [6.45, 7) is 10.9. The van der Waals surface area contributed by atoms with Crippen LogP contribution in [0.3, 0.4) is 0 Å². The lowest BCUT2D eigenvalue weighted by atomic mass is 9.88. The van der Waals surface area contributed by atoms with Gasteiger partial charge in [0.05, 0.1) is 12.2 Å². The second-order valence-corrected chi connectivity index (χ2v) is 6.53. The summed E-state index contributed by atoms with van der Waals surface area (Å²) in [6, 6.07) is 8.52. The average Bonchev–Trinajstić information content (AvgIpc) is 2.27. The first-order valence-electron chi connectivity index (χ1n) is 6.87. The summed E-state index contributed by atoms with van der Waals surface area (Å²) in [5, 5.41) is 3.51. The summed E-state index contributed by atoms with van der Waals surface area (Å²) in [6.07, 6.45) is 1.62. The molecule has 0 saturated carbocycles. The number of morpholine rings is 1. The molecule has 0 spiro atoms. The lowest BCUT2D eigenvalue weighted by molar-refractivity contribution is -0.0554. The van der Waals surface area contributed by atoms with Gasteiger partial charge in [-0.15, -0.1) is 0 Å².